The fourth-order valence-corrected chi connectivity index (χ4v) is 2.58. The lowest BCUT2D eigenvalue weighted by molar-refractivity contribution is -0.124. The predicted molar refractivity (Wildman–Crippen MR) is 120 cm³/mol. The van der Waals surface area contributed by atoms with Crippen LogP contribution in [0.5, 0.6) is 5.75 Å². The van der Waals surface area contributed by atoms with Gasteiger partial charge in [0.15, 0.2) is 5.96 Å². The van der Waals surface area contributed by atoms with E-state index in [1.807, 2.05) is 25.1 Å². The molecule has 3 N–H and O–H groups in total. The minimum absolute atomic E-state index is 0. The molecule has 9 heteroatoms. The minimum atomic E-state index is -0.351. The number of ether oxygens (including phenoxy) is 1. The zero-order valence-electron chi connectivity index (χ0n) is 16.9. The second kappa shape index (κ2) is 11.7. The quantitative estimate of drug-likeness (QED) is 0.219. The van der Waals surface area contributed by atoms with Crippen LogP contribution in [0.4, 0.5) is 4.79 Å². The Labute approximate surface area is 183 Å². The molecular weight excluding hydrogens is 473 g/mol. The fraction of sp³-hybridized carbons (Fsp3) is 0.526. The maximum absolute atomic E-state index is 11.6. The van der Waals surface area contributed by atoms with Crippen LogP contribution in [0.25, 0.3) is 0 Å². The lowest BCUT2D eigenvalue weighted by atomic mass is 10.1. The molecule has 0 saturated carbocycles. The molecule has 1 saturated heterocycles. The first-order chi connectivity index (χ1) is 12.9. The Bertz CT molecular complexity index is 695. The van der Waals surface area contributed by atoms with Crippen LogP contribution in [0.15, 0.2) is 23.2 Å². The summed E-state index contributed by atoms with van der Waals surface area (Å²) in [5.41, 5.74) is 2.19. The van der Waals surface area contributed by atoms with Crippen LogP contribution in [0.1, 0.15) is 31.4 Å². The first-order valence-corrected chi connectivity index (χ1v) is 9.23. The van der Waals surface area contributed by atoms with E-state index in [4.69, 9.17) is 4.74 Å². The van der Waals surface area contributed by atoms with Gasteiger partial charge in [-0.05, 0) is 31.9 Å². The molecule has 1 heterocycles. The van der Waals surface area contributed by atoms with Gasteiger partial charge in [0.25, 0.3) is 0 Å². The van der Waals surface area contributed by atoms with Gasteiger partial charge in [0.2, 0.25) is 5.91 Å². The number of hydrogen-bond acceptors (Lipinski definition) is 4. The van der Waals surface area contributed by atoms with Crippen molar-refractivity contribution in [2.75, 3.05) is 26.7 Å². The third kappa shape index (κ3) is 6.84. The zero-order valence-corrected chi connectivity index (χ0v) is 19.2. The third-order valence-electron chi connectivity index (χ3n) is 4.36. The SMILES string of the molecule is CCC(C)Oc1cc(C)ccc1CNC(=NC)NCCN1C(=O)CNC1=O.I. The molecule has 0 radical (unpaired) electrons. The van der Waals surface area contributed by atoms with Gasteiger partial charge in [0.1, 0.15) is 5.75 Å². The standard InChI is InChI=1S/C19H29N5O3.HI/c1-5-14(3)27-16-10-13(2)6-7-15(16)11-22-18(20-4)21-8-9-24-17(25)12-23-19(24)26;/h6-7,10,14H,5,8-9,11-12H2,1-4H3,(H,23,26)(H2,20,21,22);1H. The van der Waals surface area contributed by atoms with Crippen molar-refractivity contribution >= 4 is 41.9 Å². The first-order valence-electron chi connectivity index (χ1n) is 9.23. The number of carbonyl (C=O) groups is 2. The number of nitrogens with zero attached hydrogens (tertiary/aromatic N) is 2. The van der Waals surface area contributed by atoms with Gasteiger partial charge in [0, 0.05) is 32.2 Å². The predicted octanol–water partition coefficient (Wildman–Crippen LogP) is 2.01. The molecule has 2 rings (SSSR count). The summed E-state index contributed by atoms with van der Waals surface area (Å²) in [5.74, 6) is 1.25. The second-order valence-corrected chi connectivity index (χ2v) is 6.50. The van der Waals surface area contributed by atoms with Gasteiger partial charge in [-0.1, -0.05) is 19.1 Å². The van der Waals surface area contributed by atoms with E-state index in [9.17, 15) is 9.59 Å². The molecule has 1 aromatic carbocycles. The Hall–Kier alpha value is -2.04. The molecule has 28 heavy (non-hydrogen) atoms. The van der Waals surface area contributed by atoms with E-state index in [0.29, 0.717) is 19.0 Å². The number of imide groups is 1. The van der Waals surface area contributed by atoms with Crippen molar-refractivity contribution in [3.63, 3.8) is 0 Å². The number of halogens is 1. The van der Waals surface area contributed by atoms with Crippen LogP contribution in [-0.2, 0) is 11.3 Å². The molecule has 0 bridgehead atoms. The number of guanidine groups is 1. The summed E-state index contributed by atoms with van der Waals surface area (Å²) in [4.78, 5) is 28.5. The van der Waals surface area contributed by atoms with Gasteiger partial charge < -0.3 is 20.7 Å². The number of aryl methyl sites for hydroxylation is 1. The lowest BCUT2D eigenvalue weighted by Crippen LogP contribution is -2.43. The largest absolute Gasteiger partial charge is 0.490 e. The molecule has 156 valence electrons. The molecule has 1 aliphatic rings. The number of hydrogen-bond donors (Lipinski definition) is 3. The smallest absolute Gasteiger partial charge is 0.324 e. The minimum Gasteiger partial charge on any atom is -0.490 e. The highest BCUT2D eigenvalue weighted by atomic mass is 127. The van der Waals surface area contributed by atoms with E-state index in [2.05, 4.69) is 34.8 Å². The normalized spacial score (nSPS) is 15.0. The van der Waals surface area contributed by atoms with Crippen molar-refractivity contribution in [3.05, 3.63) is 29.3 Å². The highest BCUT2D eigenvalue weighted by Gasteiger charge is 2.27. The van der Waals surface area contributed by atoms with Gasteiger partial charge in [-0.3, -0.25) is 14.7 Å². The summed E-state index contributed by atoms with van der Waals surface area (Å²) in [7, 11) is 1.68. The maximum atomic E-state index is 11.6. The van der Waals surface area contributed by atoms with E-state index in [1.165, 1.54) is 4.90 Å². The average molecular weight is 503 g/mol. The molecule has 1 unspecified atom stereocenters. The van der Waals surface area contributed by atoms with Crippen LogP contribution < -0.4 is 20.7 Å². The summed E-state index contributed by atoms with van der Waals surface area (Å²) in [6.07, 6.45) is 1.08. The number of amides is 3. The molecule has 0 aromatic heterocycles. The van der Waals surface area contributed by atoms with Gasteiger partial charge in [0.05, 0.1) is 12.6 Å². The summed E-state index contributed by atoms with van der Waals surface area (Å²) < 4.78 is 6.02. The van der Waals surface area contributed by atoms with Crippen LogP contribution >= 0.6 is 24.0 Å². The molecular formula is C19H30IN5O3. The molecule has 3 amide bonds. The van der Waals surface area contributed by atoms with Crippen molar-refractivity contribution in [1.29, 1.82) is 0 Å². The molecule has 8 nitrogen and oxygen atoms in total. The Kier molecular flexibility index (Phi) is 10.0. The Morgan fingerprint density at radius 3 is 2.71 bits per heavy atom. The van der Waals surface area contributed by atoms with E-state index >= 15 is 0 Å². The molecule has 1 aliphatic heterocycles. The number of aliphatic imine (C=N–C) groups is 1. The highest BCUT2D eigenvalue weighted by molar-refractivity contribution is 14.0. The highest BCUT2D eigenvalue weighted by Crippen LogP contribution is 2.22. The van der Waals surface area contributed by atoms with Crippen LogP contribution in [-0.4, -0.2) is 55.6 Å². The molecule has 1 fully saturated rings. The van der Waals surface area contributed by atoms with Crippen molar-refractivity contribution in [2.24, 2.45) is 4.99 Å². The van der Waals surface area contributed by atoms with Crippen molar-refractivity contribution in [1.82, 2.24) is 20.9 Å². The van der Waals surface area contributed by atoms with E-state index in [-0.39, 0.29) is 55.1 Å². The van der Waals surface area contributed by atoms with Crippen molar-refractivity contribution in [2.45, 2.75) is 39.8 Å². The number of urea groups is 1. The Morgan fingerprint density at radius 2 is 2.11 bits per heavy atom. The summed E-state index contributed by atoms with van der Waals surface area (Å²) >= 11 is 0. The zero-order chi connectivity index (χ0) is 19.8. The lowest BCUT2D eigenvalue weighted by Gasteiger charge is -2.19. The van der Waals surface area contributed by atoms with Gasteiger partial charge >= 0.3 is 6.03 Å². The van der Waals surface area contributed by atoms with E-state index in [0.717, 1.165) is 23.3 Å². The fourth-order valence-electron chi connectivity index (χ4n) is 2.58. The molecule has 0 aliphatic carbocycles. The molecule has 1 atom stereocenters. The summed E-state index contributed by atoms with van der Waals surface area (Å²) in [6.45, 7) is 7.51. The summed E-state index contributed by atoms with van der Waals surface area (Å²) in [5, 5.41) is 8.85. The Morgan fingerprint density at radius 1 is 1.36 bits per heavy atom. The van der Waals surface area contributed by atoms with Crippen molar-refractivity contribution in [3.8, 4) is 5.75 Å². The van der Waals surface area contributed by atoms with E-state index < -0.39 is 0 Å². The number of carbonyl (C=O) groups excluding carboxylic acids is 2. The molecule has 0 spiro atoms. The second-order valence-electron chi connectivity index (χ2n) is 6.50. The topological polar surface area (TPSA) is 95.1 Å². The van der Waals surface area contributed by atoms with Gasteiger partial charge in [-0.25, -0.2) is 4.79 Å². The van der Waals surface area contributed by atoms with E-state index in [1.54, 1.807) is 7.05 Å². The average Bonchev–Trinajstić information content (AvgIpc) is 2.97. The Balaban J connectivity index is 0.00000392. The third-order valence-corrected chi connectivity index (χ3v) is 4.36. The number of benzene rings is 1. The van der Waals surface area contributed by atoms with Crippen LogP contribution in [0, 0.1) is 6.92 Å². The van der Waals surface area contributed by atoms with Gasteiger partial charge in [-0.15, -0.1) is 24.0 Å². The number of rotatable bonds is 8. The summed E-state index contributed by atoms with van der Waals surface area (Å²) in [6, 6.07) is 5.78. The van der Waals surface area contributed by atoms with Crippen LogP contribution in [0.3, 0.4) is 0 Å². The number of nitrogens with one attached hydrogen (secondary N) is 3. The maximum Gasteiger partial charge on any atom is 0.324 e. The monoisotopic (exact) mass is 503 g/mol. The van der Waals surface area contributed by atoms with Gasteiger partial charge in [-0.2, -0.15) is 0 Å². The van der Waals surface area contributed by atoms with Crippen LogP contribution in [0.2, 0.25) is 0 Å². The molecule has 1 aromatic rings. The van der Waals surface area contributed by atoms with Crippen molar-refractivity contribution < 1.29 is 14.3 Å². The first kappa shape index (κ1) is 24.0.